The zero-order valence-corrected chi connectivity index (χ0v) is 14.5. The molecule has 0 atom stereocenters. The first-order valence-corrected chi connectivity index (χ1v) is 9.08. The summed E-state index contributed by atoms with van der Waals surface area (Å²) in [6, 6.07) is 9.21. The van der Waals surface area contributed by atoms with Crippen molar-refractivity contribution in [1.82, 2.24) is 14.7 Å². The number of nitrogens with zero attached hydrogens (tertiary/aromatic N) is 3. The highest BCUT2D eigenvalue weighted by Gasteiger charge is 2.14. The van der Waals surface area contributed by atoms with Gasteiger partial charge in [0.05, 0.1) is 13.2 Å². The number of piperazine rings is 1. The normalized spacial score (nSPS) is 21.6. The van der Waals surface area contributed by atoms with E-state index in [-0.39, 0.29) is 0 Å². The Hall–Kier alpha value is -0.940. The van der Waals surface area contributed by atoms with Crippen LogP contribution in [0.4, 0.5) is 0 Å². The van der Waals surface area contributed by atoms with E-state index in [4.69, 9.17) is 4.74 Å². The zero-order valence-electron chi connectivity index (χ0n) is 14.5. The van der Waals surface area contributed by atoms with Crippen LogP contribution in [0.1, 0.15) is 17.5 Å². The summed E-state index contributed by atoms with van der Waals surface area (Å²) in [7, 11) is 2.21. The molecule has 0 aromatic heterocycles. The molecule has 0 spiro atoms. The van der Waals surface area contributed by atoms with E-state index in [1.54, 1.807) is 0 Å². The van der Waals surface area contributed by atoms with E-state index in [0.717, 1.165) is 32.8 Å². The number of hydrogen-bond donors (Lipinski definition) is 0. The van der Waals surface area contributed by atoms with Gasteiger partial charge in [0.15, 0.2) is 0 Å². The van der Waals surface area contributed by atoms with E-state index in [0.29, 0.717) is 0 Å². The molecule has 128 valence electrons. The lowest BCUT2D eigenvalue weighted by Crippen LogP contribution is -2.43. The molecular weight excluding hydrogens is 286 g/mol. The Bertz CT molecular complexity index is 465. The second-order valence-corrected chi connectivity index (χ2v) is 6.96. The van der Waals surface area contributed by atoms with E-state index < -0.39 is 0 Å². The number of rotatable bonds is 6. The van der Waals surface area contributed by atoms with Gasteiger partial charge in [-0.15, -0.1) is 0 Å². The monoisotopic (exact) mass is 317 g/mol. The predicted molar refractivity (Wildman–Crippen MR) is 94.8 cm³/mol. The van der Waals surface area contributed by atoms with E-state index >= 15 is 0 Å². The molecule has 2 fully saturated rings. The molecule has 0 amide bonds. The minimum Gasteiger partial charge on any atom is -0.379 e. The summed E-state index contributed by atoms with van der Waals surface area (Å²) in [5, 5.41) is 0. The van der Waals surface area contributed by atoms with Gasteiger partial charge in [-0.3, -0.25) is 9.80 Å². The molecule has 23 heavy (non-hydrogen) atoms. The standard InChI is InChI=1S/C19H31N3O/c1-20-8-10-22(11-9-20)17-19-5-2-4-18(16-19)6-3-7-21-12-14-23-15-13-21/h2,4-5,16H,3,6-15,17H2,1H3. The van der Waals surface area contributed by atoms with Gasteiger partial charge in [0.25, 0.3) is 0 Å². The summed E-state index contributed by atoms with van der Waals surface area (Å²) in [4.78, 5) is 7.52. The smallest absolute Gasteiger partial charge is 0.0594 e. The first-order chi connectivity index (χ1) is 11.3. The van der Waals surface area contributed by atoms with Crippen molar-refractivity contribution < 1.29 is 4.74 Å². The third-order valence-corrected chi connectivity index (χ3v) is 5.04. The highest BCUT2D eigenvalue weighted by atomic mass is 16.5. The molecule has 0 unspecified atom stereocenters. The molecule has 0 N–H and O–H groups in total. The van der Waals surface area contributed by atoms with Crippen molar-refractivity contribution in [2.45, 2.75) is 19.4 Å². The van der Waals surface area contributed by atoms with Gasteiger partial charge in [0.1, 0.15) is 0 Å². The summed E-state index contributed by atoms with van der Waals surface area (Å²) in [6.45, 7) is 11.1. The first kappa shape index (κ1) is 16.9. The van der Waals surface area contributed by atoms with Crippen LogP contribution in [0.3, 0.4) is 0 Å². The Balaban J connectivity index is 1.43. The van der Waals surface area contributed by atoms with Gasteiger partial charge >= 0.3 is 0 Å². The van der Waals surface area contributed by atoms with Crippen molar-refractivity contribution in [2.75, 3.05) is 66.1 Å². The number of hydrogen-bond acceptors (Lipinski definition) is 4. The Morgan fingerprint density at radius 2 is 1.65 bits per heavy atom. The van der Waals surface area contributed by atoms with Gasteiger partial charge in [-0.25, -0.2) is 0 Å². The Kier molecular flexibility index (Phi) is 6.46. The molecule has 2 aliphatic heterocycles. The first-order valence-electron chi connectivity index (χ1n) is 9.08. The minimum absolute atomic E-state index is 0.903. The largest absolute Gasteiger partial charge is 0.379 e. The molecule has 1 aromatic carbocycles. The molecular formula is C19H31N3O. The van der Waals surface area contributed by atoms with E-state index in [1.165, 1.54) is 56.7 Å². The third-order valence-electron chi connectivity index (χ3n) is 5.04. The van der Waals surface area contributed by atoms with Gasteiger partial charge < -0.3 is 9.64 Å². The quantitative estimate of drug-likeness (QED) is 0.795. The number of ether oxygens (including phenoxy) is 1. The van der Waals surface area contributed by atoms with Crippen molar-refractivity contribution in [3.05, 3.63) is 35.4 Å². The number of benzene rings is 1. The van der Waals surface area contributed by atoms with Crippen molar-refractivity contribution in [2.24, 2.45) is 0 Å². The minimum atomic E-state index is 0.903. The molecule has 4 heteroatoms. The lowest BCUT2D eigenvalue weighted by molar-refractivity contribution is 0.0374. The maximum absolute atomic E-state index is 5.41. The van der Waals surface area contributed by atoms with Crippen molar-refractivity contribution in [3.63, 3.8) is 0 Å². The molecule has 2 heterocycles. The number of morpholine rings is 1. The topological polar surface area (TPSA) is 19.0 Å². The average molecular weight is 317 g/mol. The molecule has 0 radical (unpaired) electrons. The van der Waals surface area contributed by atoms with Crippen LogP contribution in [0.2, 0.25) is 0 Å². The van der Waals surface area contributed by atoms with Crippen molar-refractivity contribution in [1.29, 1.82) is 0 Å². The highest BCUT2D eigenvalue weighted by Crippen LogP contribution is 2.12. The van der Waals surface area contributed by atoms with Crippen LogP contribution >= 0.6 is 0 Å². The van der Waals surface area contributed by atoms with E-state index in [1.807, 2.05) is 0 Å². The van der Waals surface area contributed by atoms with Crippen LogP contribution < -0.4 is 0 Å². The number of likely N-dealkylation sites (N-methyl/N-ethyl adjacent to an activating group) is 1. The van der Waals surface area contributed by atoms with E-state index in [2.05, 4.69) is 46.0 Å². The fraction of sp³-hybridized carbons (Fsp3) is 0.684. The van der Waals surface area contributed by atoms with Crippen LogP contribution in [0.25, 0.3) is 0 Å². The predicted octanol–water partition coefficient (Wildman–Crippen LogP) is 1.70. The fourth-order valence-corrected chi connectivity index (χ4v) is 3.48. The van der Waals surface area contributed by atoms with Gasteiger partial charge in [-0.1, -0.05) is 24.3 Å². The summed E-state index contributed by atoms with van der Waals surface area (Å²) >= 11 is 0. The van der Waals surface area contributed by atoms with Crippen molar-refractivity contribution >= 4 is 0 Å². The lowest BCUT2D eigenvalue weighted by atomic mass is 10.1. The molecule has 0 bridgehead atoms. The Morgan fingerprint density at radius 1 is 0.913 bits per heavy atom. The van der Waals surface area contributed by atoms with Crippen LogP contribution in [0.5, 0.6) is 0 Å². The summed E-state index contributed by atoms with van der Waals surface area (Å²) in [5.74, 6) is 0. The molecule has 0 aliphatic carbocycles. The lowest BCUT2D eigenvalue weighted by Gasteiger charge is -2.32. The third kappa shape index (κ3) is 5.57. The highest BCUT2D eigenvalue weighted by molar-refractivity contribution is 5.23. The van der Waals surface area contributed by atoms with Crippen LogP contribution in [0, 0.1) is 0 Å². The fourth-order valence-electron chi connectivity index (χ4n) is 3.48. The maximum Gasteiger partial charge on any atom is 0.0594 e. The molecule has 2 saturated heterocycles. The molecule has 2 aliphatic rings. The van der Waals surface area contributed by atoms with Gasteiger partial charge in [-0.2, -0.15) is 0 Å². The molecule has 0 saturated carbocycles. The summed E-state index contributed by atoms with van der Waals surface area (Å²) < 4.78 is 5.41. The molecule has 1 aromatic rings. The second kappa shape index (κ2) is 8.78. The van der Waals surface area contributed by atoms with Crippen LogP contribution in [0.15, 0.2) is 24.3 Å². The van der Waals surface area contributed by atoms with Gasteiger partial charge in [-0.05, 0) is 37.6 Å². The van der Waals surface area contributed by atoms with Crippen molar-refractivity contribution in [3.8, 4) is 0 Å². The van der Waals surface area contributed by atoms with Gasteiger partial charge in [0, 0.05) is 45.8 Å². The Labute approximate surface area is 141 Å². The van der Waals surface area contributed by atoms with E-state index in [9.17, 15) is 0 Å². The summed E-state index contributed by atoms with van der Waals surface area (Å²) in [5.41, 5.74) is 2.96. The zero-order chi connectivity index (χ0) is 15.9. The summed E-state index contributed by atoms with van der Waals surface area (Å²) in [6.07, 6.45) is 2.44. The Morgan fingerprint density at radius 3 is 2.43 bits per heavy atom. The van der Waals surface area contributed by atoms with Crippen LogP contribution in [-0.2, 0) is 17.7 Å². The second-order valence-electron chi connectivity index (χ2n) is 6.96. The van der Waals surface area contributed by atoms with Gasteiger partial charge in [0.2, 0.25) is 0 Å². The number of aryl methyl sites for hydroxylation is 1. The SMILES string of the molecule is CN1CCN(Cc2cccc(CCCN3CCOCC3)c2)CC1. The van der Waals surface area contributed by atoms with Crippen LogP contribution in [-0.4, -0.2) is 80.8 Å². The maximum atomic E-state index is 5.41. The average Bonchev–Trinajstić information content (AvgIpc) is 2.58. The molecule has 3 rings (SSSR count). The molecule has 4 nitrogen and oxygen atoms in total.